The second-order valence-corrected chi connectivity index (χ2v) is 5.39. The van der Waals surface area contributed by atoms with E-state index < -0.39 is 6.10 Å². The first-order valence-corrected chi connectivity index (χ1v) is 6.71. The number of benzene rings is 1. The van der Waals surface area contributed by atoms with Crippen LogP contribution in [-0.2, 0) is 11.2 Å². The molecule has 1 amide bonds. The van der Waals surface area contributed by atoms with Crippen LogP contribution in [0.5, 0.6) is 0 Å². The van der Waals surface area contributed by atoms with Crippen molar-refractivity contribution in [2.75, 3.05) is 13.1 Å². The van der Waals surface area contributed by atoms with Gasteiger partial charge in [-0.2, -0.15) is 0 Å². The van der Waals surface area contributed by atoms with E-state index in [9.17, 15) is 9.90 Å². The van der Waals surface area contributed by atoms with Crippen LogP contribution >= 0.6 is 23.2 Å². The molecular weight excluding hydrogens is 273 g/mol. The quantitative estimate of drug-likeness (QED) is 0.908. The summed E-state index contributed by atoms with van der Waals surface area (Å²) in [5.74, 6) is -0.00188. The summed E-state index contributed by atoms with van der Waals surface area (Å²) in [4.78, 5) is 13.8. The van der Waals surface area contributed by atoms with Crippen LogP contribution in [0.4, 0.5) is 0 Å². The lowest BCUT2D eigenvalue weighted by Crippen LogP contribution is -2.42. The highest BCUT2D eigenvalue weighted by Crippen LogP contribution is 2.22. The second kappa shape index (κ2) is 5.91. The fourth-order valence-corrected chi connectivity index (χ4v) is 2.60. The number of rotatable bonds is 2. The zero-order chi connectivity index (χ0) is 13.1. The summed E-state index contributed by atoms with van der Waals surface area (Å²) in [5, 5.41) is 10.6. The Labute approximate surface area is 116 Å². The van der Waals surface area contributed by atoms with Gasteiger partial charge < -0.3 is 10.0 Å². The zero-order valence-electron chi connectivity index (χ0n) is 9.90. The largest absolute Gasteiger partial charge is 0.391 e. The van der Waals surface area contributed by atoms with Crippen molar-refractivity contribution in [3.63, 3.8) is 0 Å². The first kappa shape index (κ1) is 13.7. The van der Waals surface area contributed by atoms with Gasteiger partial charge in [-0.1, -0.05) is 29.3 Å². The number of aliphatic hydroxyl groups excluding tert-OH is 1. The first-order valence-electron chi connectivity index (χ1n) is 5.96. The number of β-amino-alcohol motifs (C(OH)–C–C–N with tert-alkyl or cyclic N) is 1. The minimum Gasteiger partial charge on any atom is -0.391 e. The average molecular weight is 288 g/mol. The molecule has 3 nitrogen and oxygen atoms in total. The van der Waals surface area contributed by atoms with Crippen molar-refractivity contribution in [1.29, 1.82) is 0 Å². The third-order valence-electron chi connectivity index (χ3n) is 3.11. The molecule has 1 aromatic rings. The minimum atomic E-state index is -0.400. The number of likely N-dealkylation sites (tertiary alicyclic amines) is 1. The number of aliphatic hydroxyl groups is 1. The Kier molecular flexibility index (Phi) is 4.49. The van der Waals surface area contributed by atoms with Gasteiger partial charge in [0.1, 0.15) is 0 Å². The number of carbonyl (C=O) groups excluding carboxylic acids is 1. The average Bonchev–Trinajstić information content (AvgIpc) is 2.32. The molecule has 0 aliphatic carbocycles. The van der Waals surface area contributed by atoms with Crippen LogP contribution in [-0.4, -0.2) is 35.1 Å². The smallest absolute Gasteiger partial charge is 0.227 e. The molecule has 1 aliphatic rings. The number of hydrogen-bond acceptors (Lipinski definition) is 2. The maximum Gasteiger partial charge on any atom is 0.227 e. The lowest BCUT2D eigenvalue weighted by Gasteiger charge is -2.30. The highest BCUT2D eigenvalue weighted by molar-refractivity contribution is 6.35. The SMILES string of the molecule is O=C(Cc1ccc(Cl)cc1Cl)N1CCCC(O)C1. The predicted molar refractivity (Wildman–Crippen MR) is 72.0 cm³/mol. The van der Waals surface area contributed by atoms with Crippen LogP contribution in [0.3, 0.4) is 0 Å². The van der Waals surface area contributed by atoms with Crippen molar-refractivity contribution in [1.82, 2.24) is 4.90 Å². The molecule has 0 saturated carbocycles. The minimum absolute atomic E-state index is 0.00188. The molecule has 0 aromatic heterocycles. The third kappa shape index (κ3) is 3.37. The molecule has 1 atom stereocenters. The van der Waals surface area contributed by atoms with Crippen LogP contribution in [0, 0.1) is 0 Å². The van der Waals surface area contributed by atoms with Crippen LogP contribution < -0.4 is 0 Å². The van der Waals surface area contributed by atoms with E-state index >= 15 is 0 Å². The molecule has 0 spiro atoms. The number of carbonyl (C=O) groups is 1. The van der Waals surface area contributed by atoms with Gasteiger partial charge in [-0.3, -0.25) is 4.79 Å². The number of hydrogen-bond donors (Lipinski definition) is 1. The Balaban J connectivity index is 2.02. The summed E-state index contributed by atoms with van der Waals surface area (Å²) in [7, 11) is 0. The molecule has 1 unspecified atom stereocenters. The summed E-state index contributed by atoms with van der Waals surface area (Å²) in [6.07, 6.45) is 1.47. The van der Waals surface area contributed by atoms with Crippen molar-refractivity contribution in [2.45, 2.75) is 25.4 Å². The van der Waals surface area contributed by atoms with E-state index in [-0.39, 0.29) is 12.3 Å². The van der Waals surface area contributed by atoms with Crippen LogP contribution in [0.15, 0.2) is 18.2 Å². The van der Waals surface area contributed by atoms with Crippen molar-refractivity contribution in [3.8, 4) is 0 Å². The molecule has 1 aromatic carbocycles. The normalized spacial score (nSPS) is 19.9. The topological polar surface area (TPSA) is 40.5 Å². The van der Waals surface area contributed by atoms with Crippen LogP contribution in [0.25, 0.3) is 0 Å². The third-order valence-corrected chi connectivity index (χ3v) is 3.69. The van der Waals surface area contributed by atoms with Gasteiger partial charge in [0.05, 0.1) is 12.5 Å². The molecule has 1 saturated heterocycles. The van der Waals surface area contributed by atoms with E-state index in [4.69, 9.17) is 23.2 Å². The Morgan fingerprint density at radius 2 is 2.22 bits per heavy atom. The van der Waals surface area contributed by atoms with Crippen molar-refractivity contribution < 1.29 is 9.90 Å². The van der Waals surface area contributed by atoms with E-state index in [0.717, 1.165) is 18.4 Å². The van der Waals surface area contributed by atoms with Gasteiger partial charge in [0.15, 0.2) is 0 Å². The van der Waals surface area contributed by atoms with Crippen LogP contribution in [0.2, 0.25) is 10.0 Å². The van der Waals surface area contributed by atoms with Gasteiger partial charge in [0.25, 0.3) is 0 Å². The number of nitrogens with zero attached hydrogens (tertiary/aromatic N) is 1. The van der Waals surface area contributed by atoms with Gasteiger partial charge >= 0.3 is 0 Å². The second-order valence-electron chi connectivity index (χ2n) is 4.55. The van der Waals surface area contributed by atoms with Crippen molar-refractivity contribution >= 4 is 29.1 Å². The Hall–Kier alpha value is -0.770. The molecule has 1 fully saturated rings. The fraction of sp³-hybridized carbons (Fsp3) is 0.462. The molecule has 1 heterocycles. The molecule has 1 aliphatic heterocycles. The summed E-state index contributed by atoms with van der Waals surface area (Å²) < 4.78 is 0. The summed E-state index contributed by atoms with van der Waals surface area (Å²) in [6.45, 7) is 1.13. The maximum absolute atomic E-state index is 12.1. The van der Waals surface area contributed by atoms with E-state index in [1.807, 2.05) is 0 Å². The number of amides is 1. The van der Waals surface area contributed by atoms with E-state index in [1.165, 1.54) is 0 Å². The molecule has 1 N–H and O–H groups in total. The zero-order valence-corrected chi connectivity index (χ0v) is 11.4. The Morgan fingerprint density at radius 1 is 1.44 bits per heavy atom. The summed E-state index contributed by atoms with van der Waals surface area (Å²) in [5.41, 5.74) is 0.770. The molecule has 0 radical (unpaired) electrons. The van der Waals surface area contributed by atoms with Gasteiger partial charge in [0, 0.05) is 23.1 Å². The van der Waals surface area contributed by atoms with Gasteiger partial charge in [0.2, 0.25) is 5.91 Å². The van der Waals surface area contributed by atoms with Gasteiger partial charge in [-0.15, -0.1) is 0 Å². The lowest BCUT2D eigenvalue weighted by atomic mass is 10.1. The molecular formula is C13H15Cl2NO2. The molecule has 18 heavy (non-hydrogen) atoms. The van der Waals surface area contributed by atoms with Crippen molar-refractivity contribution in [2.24, 2.45) is 0 Å². The Bertz CT molecular complexity index is 451. The monoisotopic (exact) mass is 287 g/mol. The highest BCUT2D eigenvalue weighted by atomic mass is 35.5. The fourth-order valence-electron chi connectivity index (χ4n) is 2.12. The lowest BCUT2D eigenvalue weighted by molar-refractivity contribution is -0.133. The molecule has 98 valence electrons. The van der Waals surface area contributed by atoms with Gasteiger partial charge in [-0.25, -0.2) is 0 Å². The Morgan fingerprint density at radius 3 is 2.89 bits per heavy atom. The molecule has 0 bridgehead atoms. The number of piperidine rings is 1. The summed E-state index contributed by atoms with van der Waals surface area (Å²) in [6, 6.07) is 5.13. The standard InChI is InChI=1S/C13H15Cl2NO2/c14-10-4-3-9(12(15)7-10)6-13(18)16-5-1-2-11(17)8-16/h3-4,7,11,17H,1-2,5-6,8H2. The maximum atomic E-state index is 12.1. The molecule has 2 rings (SSSR count). The predicted octanol–water partition coefficient (Wildman–Crippen LogP) is 2.52. The summed E-state index contributed by atoms with van der Waals surface area (Å²) >= 11 is 11.8. The van der Waals surface area contributed by atoms with Crippen LogP contribution in [0.1, 0.15) is 18.4 Å². The van der Waals surface area contributed by atoms with Crippen molar-refractivity contribution in [3.05, 3.63) is 33.8 Å². The number of halogens is 2. The van der Waals surface area contributed by atoms with E-state index in [2.05, 4.69) is 0 Å². The van der Waals surface area contributed by atoms with Gasteiger partial charge in [-0.05, 0) is 30.5 Å². The molecule has 5 heteroatoms. The van der Waals surface area contributed by atoms with E-state index in [0.29, 0.717) is 23.1 Å². The highest BCUT2D eigenvalue weighted by Gasteiger charge is 2.22. The first-order chi connectivity index (χ1) is 8.56. The van der Waals surface area contributed by atoms with E-state index in [1.54, 1.807) is 23.1 Å².